The van der Waals surface area contributed by atoms with Crippen LogP contribution >= 0.6 is 11.6 Å². The average molecular weight is 657 g/mol. The highest BCUT2D eigenvalue weighted by Gasteiger charge is 2.56. The van der Waals surface area contributed by atoms with Crippen molar-refractivity contribution in [3.05, 3.63) is 88.9 Å². The van der Waals surface area contributed by atoms with Crippen LogP contribution in [0.3, 0.4) is 0 Å². The summed E-state index contributed by atoms with van der Waals surface area (Å²) in [6.07, 6.45) is -2.34. The monoisotopic (exact) mass is 656 g/mol. The van der Waals surface area contributed by atoms with Crippen LogP contribution in [-0.2, 0) is 25.2 Å². The van der Waals surface area contributed by atoms with Crippen LogP contribution in [0, 0.1) is 0 Å². The molecule has 9 rings (SSSR count). The van der Waals surface area contributed by atoms with Gasteiger partial charge in [0.05, 0.1) is 38.6 Å². The third-order valence-electron chi connectivity index (χ3n) is 10.2. The number of amides is 1. The number of ether oxygens (including phenoxy) is 2. The highest BCUT2D eigenvalue weighted by molar-refractivity contribution is 7.89. The molecule has 2 aromatic heterocycles. The van der Waals surface area contributed by atoms with Crippen LogP contribution in [-0.4, -0.2) is 59.2 Å². The summed E-state index contributed by atoms with van der Waals surface area (Å²) in [6.45, 7) is 1.93. The second kappa shape index (κ2) is 9.31. The number of rotatable bonds is 4. The summed E-state index contributed by atoms with van der Waals surface area (Å²) in [7, 11) is -0.833. The average Bonchev–Trinajstić information content (AvgIpc) is 3.65. The Morgan fingerprint density at radius 1 is 1.00 bits per heavy atom. The lowest BCUT2D eigenvalue weighted by atomic mass is 9.93. The maximum atomic E-state index is 14.1. The van der Waals surface area contributed by atoms with Crippen molar-refractivity contribution in [2.45, 2.75) is 48.6 Å². The lowest BCUT2D eigenvalue weighted by Gasteiger charge is -2.50. The van der Waals surface area contributed by atoms with Gasteiger partial charge in [0.2, 0.25) is 10.0 Å². The maximum absolute atomic E-state index is 14.1. The van der Waals surface area contributed by atoms with Gasteiger partial charge in [-0.05, 0) is 43.3 Å². The fourth-order valence-corrected chi connectivity index (χ4v) is 9.86. The predicted octanol–water partition coefficient (Wildman–Crippen LogP) is 5.60. The molecule has 3 aliphatic heterocycles. The van der Waals surface area contributed by atoms with Crippen molar-refractivity contribution in [2.75, 3.05) is 14.2 Å². The second-order valence-electron chi connectivity index (χ2n) is 12.4. The topological polar surface area (TPSA) is 115 Å². The summed E-state index contributed by atoms with van der Waals surface area (Å²) in [5.41, 5.74) is 2.97. The van der Waals surface area contributed by atoms with E-state index in [1.807, 2.05) is 55.5 Å². The Hall–Kier alpha value is -3.97. The standard InChI is InChI=1S/C34H29ClN4O6S/c1-34-31(44-3)23(37(2)46(42,43)18-14-12-17(35)13-15-18)16-24(45-34)38-21-10-6-4-8-19(21)25-27-28(33(41)36-32(27)40)26-20-9-5-7-11-22(20)39(34)30(26)29(25)38/h4-15,23-24,31,33,41H,16H2,1-3H3,(H,36,40)/t23-,24-,31-,33+,34+/m1/s1. The first-order valence-corrected chi connectivity index (χ1v) is 16.8. The molecule has 5 atom stereocenters. The summed E-state index contributed by atoms with van der Waals surface area (Å²) < 4.78 is 47.3. The zero-order chi connectivity index (χ0) is 31.9. The third kappa shape index (κ3) is 3.34. The van der Waals surface area contributed by atoms with Crippen molar-refractivity contribution in [2.24, 2.45) is 0 Å². The molecule has 0 saturated carbocycles. The van der Waals surface area contributed by atoms with Gasteiger partial charge in [-0.1, -0.05) is 48.0 Å². The Bertz CT molecular complexity index is 2420. The Labute approximate surface area is 268 Å². The summed E-state index contributed by atoms with van der Waals surface area (Å²) in [5.74, 6) is -0.343. The molecule has 1 amide bonds. The number of aliphatic hydroxyl groups excluding tert-OH is 1. The Balaban J connectivity index is 1.42. The first kappa shape index (κ1) is 28.3. The lowest BCUT2D eigenvalue weighted by Crippen LogP contribution is -2.61. The molecule has 234 valence electrons. The highest BCUT2D eigenvalue weighted by Crippen LogP contribution is 2.55. The minimum atomic E-state index is -3.99. The third-order valence-corrected chi connectivity index (χ3v) is 12.4. The number of aromatic nitrogens is 2. The van der Waals surface area contributed by atoms with Crippen LogP contribution in [0.15, 0.2) is 77.7 Å². The number of hydrogen-bond acceptors (Lipinski definition) is 6. The normalized spacial score (nSPS) is 25.7. The molecule has 4 aromatic carbocycles. The number of nitrogens with one attached hydrogen (secondary N) is 1. The summed E-state index contributed by atoms with van der Waals surface area (Å²) in [6, 6.07) is 21.1. The predicted molar refractivity (Wildman–Crippen MR) is 174 cm³/mol. The first-order chi connectivity index (χ1) is 22.1. The molecule has 3 aliphatic rings. The van der Waals surface area contributed by atoms with Gasteiger partial charge >= 0.3 is 0 Å². The van der Waals surface area contributed by atoms with Crippen molar-refractivity contribution < 1.29 is 27.8 Å². The van der Waals surface area contributed by atoms with Crippen molar-refractivity contribution in [3.63, 3.8) is 0 Å². The van der Waals surface area contributed by atoms with E-state index in [0.29, 0.717) is 16.1 Å². The zero-order valence-electron chi connectivity index (χ0n) is 25.1. The number of methoxy groups -OCH3 is 1. The number of carbonyl (C=O) groups excluding carboxylic acids is 1. The quantitative estimate of drug-likeness (QED) is 0.255. The molecule has 46 heavy (non-hydrogen) atoms. The van der Waals surface area contributed by atoms with E-state index in [0.717, 1.165) is 43.6 Å². The van der Waals surface area contributed by atoms with E-state index in [9.17, 15) is 18.3 Å². The number of sulfonamides is 1. The molecule has 1 saturated heterocycles. The van der Waals surface area contributed by atoms with E-state index >= 15 is 0 Å². The van der Waals surface area contributed by atoms with Crippen molar-refractivity contribution in [1.29, 1.82) is 0 Å². The van der Waals surface area contributed by atoms with E-state index in [2.05, 4.69) is 14.5 Å². The fourth-order valence-electron chi connectivity index (χ4n) is 8.37. The first-order valence-electron chi connectivity index (χ1n) is 15.0. The highest BCUT2D eigenvalue weighted by atomic mass is 35.5. The summed E-state index contributed by atoms with van der Waals surface area (Å²) in [5, 5.41) is 17.7. The molecule has 2 bridgehead atoms. The number of hydrogen-bond donors (Lipinski definition) is 2. The number of likely N-dealkylation sites (N-methyl/N-ethyl adjacent to an activating group) is 1. The van der Waals surface area contributed by atoms with Crippen LogP contribution in [0.2, 0.25) is 5.02 Å². The minimum absolute atomic E-state index is 0.121. The van der Waals surface area contributed by atoms with Crippen LogP contribution in [0.5, 0.6) is 0 Å². The largest absolute Gasteiger partial charge is 0.375 e. The van der Waals surface area contributed by atoms with Gasteiger partial charge in [-0.2, -0.15) is 4.31 Å². The van der Waals surface area contributed by atoms with Gasteiger partial charge in [0, 0.05) is 52.7 Å². The van der Waals surface area contributed by atoms with E-state index in [4.69, 9.17) is 21.1 Å². The van der Waals surface area contributed by atoms with E-state index in [-0.39, 0.29) is 17.2 Å². The van der Waals surface area contributed by atoms with Gasteiger partial charge in [-0.15, -0.1) is 0 Å². The van der Waals surface area contributed by atoms with Gasteiger partial charge < -0.3 is 29.0 Å². The molecular weight excluding hydrogens is 628 g/mol. The molecule has 2 N–H and O–H groups in total. The van der Waals surface area contributed by atoms with Crippen molar-refractivity contribution in [3.8, 4) is 0 Å². The van der Waals surface area contributed by atoms with Gasteiger partial charge in [0.15, 0.2) is 12.0 Å². The zero-order valence-corrected chi connectivity index (χ0v) is 26.6. The Kier molecular flexibility index (Phi) is 5.72. The fraction of sp³-hybridized carbons (Fsp3) is 0.265. The number of carbonyl (C=O) groups is 1. The van der Waals surface area contributed by atoms with Gasteiger partial charge in [-0.25, -0.2) is 8.42 Å². The second-order valence-corrected chi connectivity index (χ2v) is 14.8. The molecular formula is C34H29ClN4O6S. The number of benzene rings is 4. The van der Waals surface area contributed by atoms with E-state index in [1.165, 1.54) is 16.4 Å². The molecule has 12 heteroatoms. The van der Waals surface area contributed by atoms with Gasteiger partial charge in [0.25, 0.3) is 5.91 Å². The molecule has 0 unspecified atom stereocenters. The summed E-state index contributed by atoms with van der Waals surface area (Å²) >= 11 is 6.10. The molecule has 1 fully saturated rings. The van der Waals surface area contributed by atoms with E-state index in [1.54, 1.807) is 26.3 Å². The van der Waals surface area contributed by atoms with E-state index < -0.39 is 40.3 Å². The number of para-hydroxylation sites is 2. The number of halogens is 1. The number of fused-ring (bicyclic) bond motifs is 13. The molecule has 5 heterocycles. The van der Waals surface area contributed by atoms with Gasteiger partial charge in [0.1, 0.15) is 12.3 Å². The molecule has 6 aromatic rings. The molecule has 0 radical (unpaired) electrons. The molecule has 10 nitrogen and oxygen atoms in total. The minimum Gasteiger partial charge on any atom is -0.375 e. The van der Waals surface area contributed by atoms with Crippen LogP contribution in [0.4, 0.5) is 0 Å². The van der Waals surface area contributed by atoms with Gasteiger partial charge in [-0.3, -0.25) is 4.79 Å². The SMILES string of the molecule is CO[C@@H]1[C@H](N(C)S(=O)(=O)c2ccc(Cl)cc2)C[C@H]2O[C@]1(C)n1c3ccccc3c3c4c(c5c6ccccc6n2c5c31)C(=O)N[C@H]4O. The number of aliphatic hydroxyl groups is 1. The van der Waals surface area contributed by atoms with Crippen LogP contribution in [0.1, 0.15) is 41.7 Å². The lowest BCUT2D eigenvalue weighted by molar-refractivity contribution is -0.262. The Morgan fingerprint density at radius 3 is 2.35 bits per heavy atom. The van der Waals surface area contributed by atoms with Crippen LogP contribution < -0.4 is 5.32 Å². The van der Waals surface area contributed by atoms with Crippen molar-refractivity contribution in [1.82, 2.24) is 18.8 Å². The maximum Gasteiger partial charge on any atom is 0.254 e. The Morgan fingerprint density at radius 2 is 1.65 bits per heavy atom. The van der Waals surface area contributed by atoms with Crippen LogP contribution in [0.25, 0.3) is 43.6 Å². The molecule has 0 aliphatic carbocycles. The summed E-state index contributed by atoms with van der Waals surface area (Å²) in [4.78, 5) is 13.7. The molecule has 0 spiro atoms. The van der Waals surface area contributed by atoms with Crippen molar-refractivity contribution >= 4 is 71.1 Å². The number of nitrogens with zero attached hydrogens (tertiary/aromatic N) is 3. The smallest absolute Gasteiger partial charge is 0.254 e.